The Bertz CT molecular complexity index is 742. The van der Waals surface area contributed by atoms with Gasteiger partial charge in [0.05, 0.1) is 5.56 Å². The predicted octanol–water partition coefficient (Wildman–Crippen LogP) is 3.91. The monoisotopic (exact) mass is 384 g/mol. The highest BCUT2D eigenvalue weighted by Crippen LogP contribution is 2.26. The second-order valence-corrected chi connectivity index (χ2v) is 6.45. The molecule has 9 heteroatoms. The van der Waals surface area contributed by atoms with Gasteiger partial charge in [0.15, 0.2) is 6.61 Å². The predicted molar refractivity (Wildman–Crippen MR) is 93.2 cm³/mol. The summed E-state index contributed by atoms with van der Waals surface area (Å²) in [5.74, 6) is -3.67. The Balaban J connectivity index is 1.87. The first-order valence-corrected chi connectivity index (χ1v) is 9.11. The van der Waals surface area contributed by atoms with E-state index in [2.05, 4.69) is 10.3 Å². The van der Waals surface area contributed by atoms with E-state index in [4.69, 9.17) is 4.74 Å². The number of pyridine rings is 1. The number of hydrogen-bond donors (Lipinski definition) is 1. The number of nitrogens with zero attached hydrogens (tertiary/aromatic N) is 1. The van der Waals surface area contributed by atoms with Crippen LogP contribution in [-0.2, 0) is 9.53 Å². The summed E-state index contributed by atoms with van der Waals surface area (Å²) >= 11 is 1.72. The molecule has 0 radical (unpaired) electrons. The minimum Gasteiger partial charge on any atom is -0.452 e. The maximum absolute atomic E-state index is 12.2. The molecule has 0 fully saturated rings. The lowest BCUT2D eigenvalue weighted by atomic mass is 10.3. The van der Waals surface area contributed by atoms with Gasteiger partial charge < -0.3 is 10.1 Å². The van der Waals surface area contributed by atoms with E-state index in [1.54, 1.807) is 24.6 Å². The zero-order chi connectivity index (χ0) is 18.2. The molecule has 1 amide bonds. The number of nitrogens with one attached hydrogen (secondary N) is 1. The fourth-order valence-corrected chi connectivity index (χ4v) is 2.87. The molecular formula is C16H14F2N2O3S2. The highest BCUT2D eigenvalue weighted by molar-refractivity contribution is 7.99. The fourth-order valence-electron chi connectivity index (χ4n) is 1.83. The Labute approximate surface area is 151 Å². The van der Waals surface area contributed by atoms with Gasteiger partial charge in [-0.15, -0.1) is 11.8 Å². The number of alkyl halides is 2. The third-order valence-corrected chi connectivity index (χ3v) is 4.32. The molecular weight excluding hydrogens is 370 g/mol. The van der Waals surface area contributed by atoms with Crippen molar-refractivity contribution in [1.82, 2.24) is 4.98 Å². The van der Waals surface area contributed by atoms with Crippen LogP contribution in [0.3, 0.4) is 0 Å². The van der Waals surface area contributed by atoms with Gasteiger partial charge in [-0.2, -0.15) is 8.78 Å². The number of esters is 1. The van der Waals surface area contributed by atoms with Crippen LogP contribution in [0.25, 0.3) is 0 Å². The number of amides is 1. The van der Waals surface area contributed by atoms with Gasteiger partial charge in [0.25, 0.3) is 11.7 Å². The molecule has 5 nitrogen and oxygen atoms in total. The lowest BCUT2D eigenvalue weighted by molar-refractivity contribution is -0.119. The van der Waals surface area contributed by atoms with Crippen LogP contribution in [0.2, 0.25) is 0 Å². The van der Waals surface area contributed by atoms with Crippen LogP contribution in [0.5, 0.6) is 0 Å². The summed E-state index contributed by atoms with van der Waals surface area (Å²) in [7, 11) is 0. The quantitative estimate of drug-likeness (QED) is 0.577. The van der Waals surface area contributed by atoms with Gasteiger partial charge in [-0.05, 0) is 42.7 Å². The van der Waals surface area contributed by atoms with Crippen molar-refractivity contribution in [2.24, 2.45) is 0 Å². The zero-order valence-corrected chi connectivity index (χ0v) is 14.7. The molecule has 1 heterocycles. The number of rotatable bonds is 7. The molecule has 0 aliphatic rings. The second-order valence-electron chi connectivity index (χ2n) is 4.59. The van der Waals surface area contributed by atoms with Gasteiger partial charge in [-0.1, -0.05) is 11.8 Å². The number of halogens is 2. The molecule has 132 valence electrons. The minimum atomic E-state index is -2.50. The first-order chi connectivity index (χ1) is 12.0. The average molecular weight is 384 g/mol. The van der Waals surface area contributed by atoms with E-state index in [1.165, 1.54) is 36.0 Å². The van der Waals surface area contributed by atoms with E-state index in [1.807, 2.05) is 0 Å². The molecule has 0 bridgehead atoms. The standard InChI is InChI=1S/C16H14F2N2O3S2/c1-24-14-12(3-2-8-19-14)15(22)23-9-13(21)20-10-4-6-11(7-5-10)25-16(17)18/h2-8,16H,9H2,1H3,(H,20,21). The van der Waals surface area contributed by atoms with Crippen molar-refractivity contribution in [2.45, 2.75) is 15.7 Å². The van der Waals surface area contributed by atoms with Crippen molar-refractivity contribution < 1.29 is 23.1 Å². The molecule has 0 saturated carbocycles. The summed E-state index contributed by atoms with van der Waals surface area (Å²) in [5, 5.41) is 3.04. The number of anilines is 1. The molecule has 0 unspecified atom stereocenters. The third-order valence-electron chi connectivity index (χ3n) is 2.88. The summed E-state index contributed by atoms with van der Waals surface area (Å²) in [6.45, 7) is -0.463. The van der Waals surface area contributed by atoms with E-state index < -0.39 is 24.2 Å². The van der Waals surface area contributed by atoms with Crippen LogP contribution in [0.1, 0.15) is 10.4 Å². The number of ether oxygens (including phenoxy) is 1. The summed E-state index contributed by atoms with van der Waals surface area (Å²) in [6.07, 6.45) is 3.34. The topological polar surface area (TPSA) is 68.3 Å². The van der Waals surface area contributed by atoms with Crippen molar-refractivity contribution in [3.63, 3.8) is 0 Å². The number of hydrogen-bond acceptors (Lipinski definition) is 6. The van der Waals surface area contributed by atoms with Gasteiger partial charge in [0.1, 0.15) is 5.03 Å². The average Bonchev–Trinajstić information content (AvgIpc) is 2.61. The number of benzene rings is 1. The third kappa shape index (κ3) is 6.02. The molecule has 0 aliphatic heterocycles. The Morgan fingerprint density at radius 1 is 1.24 bits per heavy atom. The van der Waals surface area contributed by atoms with Gasteiger partial charge in [-0.3, -0.25) is 4.79 Å². The van der Waals surface area contributed by atoms with Crippen molar-refractivity contribution in [2.75, 3.05) is 18.2 Å². The molecule has 1 N–H and O–H groups in total. The molecule has 0 saturated heterocycles. The summed E-state index contributed by atoms with van der Waals surface area (Å²) in [4.78, 5) is 28.3. The lowest BCUT2D eigenvalue weighted by Gasteiger charge is -2.08. The smallest absolute Gasteiger partial charge is 0.341 e. The lowest BCUT2D eigenvalue weighted by Crippen LogP contribution is -2.21. The van der Waals surface area contributed by atoms with Crippen molar-refractivity contribution >= 4 is 41.1 Å². The van der Waals surface area contributed by atoms with Crippen LogP contribution in [-0.4, -0.2) is 35.5 Å². The van der Waals surface area contributed by atoms with E-state index in [0.29, 0.717) is 27.4 Å². The van der Waals surface area contributed by atoms with Gasteiger partial charge >= 0.3 is 5.97 Å². The van der Waals surface area contributed by atoms with Crippen molar-refractivity contribution in [3.8, 4) is 0 Å². The Kier molecular flexibility index (Phi) is 7.20. The number of thioether (sulfide) groups is 2. The maximum Gasteiger partial charge on any atom is 0.341 e. The molecule has 1 aromatic heterocycles. The number of carbonyl (C=O) groups is 2. The summed E-state index contributed by atoms with van der Waals surface area (Å²) in [6, 6.07) is 9.11. The zero-order valence-electron chi connectivity index (χ0n) is 13.1. The molecule has 0 spiro atoms. The minimum absolute atomic E-state index is 0.288. The molecule has 0 atom stereocenters. The van der Waals surface area contributed by atoms with E-state index >= 15 is 0 Å². The normalized spacial score (nSPS) is 10.6. The van der Waals surface area contributed by atoms with Gasteiger partial charge in [-0.25, -0.2) is 9.78 Å². The van der Waals surface area contributed by atoms with Gasteiger partial charge in [0, 0.05) is 16.8 Å². The molecule has 2 aromatic rings. The molecule has 1 aromatic carbocycles. The van der Waals surface area contributed by atoms with Crippen LogP contribution < -0.4 is 5.32 Å². The van der Waals surface area contributed by atoms with Crippen molar-refractivity contribution in [3.05, 3.63) is 48.2 Å². The van der Waals surface area contributed by atoms with Crippen LogP contribution >= 0.6 is 23.5 Å². The Morgan fingerprint density at radius 2 is 1.96 bits per heavy atom. The molecule has 2 rings (SSSR count). The highest BCUT2D eigenvalue weighted by Gasteiger charge is 2.15. The Morgan fingerprint density at radius 3 is 2.60 bits per heavy atom. The second kappa shape index (κ2) is 9.38. The van der Waals surface area contributed by atoms with Crippen LogP contribution in [0, 0.1) is 0 Å². The van der Waals surface area contributed by atoms with Gasteiger partial charge in [0.2, 0.25) is 0 Å². The first kappa shape index (κ1) is 19.2. The Hall–Kier alpha value is -2.13. The number of aromatic nitrogens is 1. The maximum atomic E-state index is 12.2. The highest BCUT2D eigenvalue weighted by atomic mass is 32.2. The van der Waals surface area contributed by atoms with Crippen LogP contribution in [0.15, 0.2) is 52.5 Å². The fraction of sp³-hybridized carbons (Fsp3) is 0.188. The summed E-state index contributed by atoms with van der Waals surface area (Å²) < 4.78 is 29.5. The van der Waals surface area contributed by atoms with E-state index in [0.717, 1.165) is 0 Å². The molecule has 25 heavy (non-hydrogen) atoms. The SMILES string of the molecule is CSc1ncccc1C(=O)OCC(=O)Nc1ccc(SC(F)F)cc1. The first-order valence-electron chi connectivity index (χ1n) is 7.00. The van der Waals surface area contributed by atoms with E-state index in [9.17, 15) is 18.4 Å². The van der Waals surface area contributed by atoms with Crippen LogP contribution in [0.4, 0.5) is 14.5 Å². The van der Waals surface area contributed by atoms with Crippen molar-refractivity contribution in [1.29, 1.82) is 0 Å². The largest absolute Gasteiger partial charge is 0.452 e. The van der Waals surface area contributed by atoms with E-state index in [-0.39, 0.29) is 5.56 Å². The number of carbonyl (C=O) groups excluding carboxylic acids is 2. The summed E-state index contributed by atoms with van der Waals surface area (Å²) in [5.41, 5.74) is 0.710. The molecule has 0 aliphatic carbocycles.